The van der Waals surface area contributed by atoms with E-state index in [-0.39, 0.29) is 6.10 Å². The van der Waals surface area contributed by atoms with Crippen molar-refractivity contribution in [2.24, 2.45) is 0 Å². The van der Waals surface area contributed by atoms with Gasteiger partial charge < -0.3 is 14.2 Å². The van der Waals surface area contributed by atoms with Gasteiger partial charge in [-0.15, -0.1) is 0 Å². The molecule has 1 unspecified atom stereocenters. The maximum absolute atomic E-state index is 12.0. The van der Waals surface area contributed by atoms with Crippen molar-refractivity contribution in [3.8, 4) is 28.8 Å². The average Bonchev–Trinajstić information content (AvgIpc) is 3.23. The van der Waals surface area contributed by atoms with E-state index in [1.54, 1.807) is 42.5 Å². The molecule has 1 N–H and O–H groups in total. The normalized spacial score (nSPS) is 15.9. The number of ether oxygens (including phenoxy) is 3. The molecule has 1 atom stereocenters. The zero-order chi connectivity index (χ0) is 20.9. The van der Waals surface area contributed by atoms with Crippen molar-refractivity contribution in [3.05, 3.63) is 65.4 Å². The van der Waals surface area contributed by atoms with Gasteiger partial charge in [0, 0.05) is 12.2 Å². The molecular formula is C23H21N3O4. The molecule has 1 aliphatic heterocycles. The van der Waals surface area contributed by atoms with Crippen molar-refractivity contribution in [2.75, 3.05) is 13.7 Å². The monoisotopic (exact) mass is 403 g/mol. The largest absolute Gasteiger partial charge is 0.465 e. The highest BCUT2D eigenvalue weighted by atomic mass is 16.5. The van der Waals surface area contributed by atoms with Crippen LogP contribution in [-0.4, -0.2) is 29.9 Å². The Kier molecular flexibility index (Phi) is 5.77. The van der Waals surface area contributed by atoms with E-state index >= 15 is 0 Å². The summed E-state index contributed by atoms with van der Waals surface area (Å²) in [4.78, 5) is 12.0. The summed E-state index contributed by atoms with van der Waals surface area (Å²) in [7, 11) is 1.35. The summed E-state index contributed by atoms with van der Waals surface area (Å²) in [5.41, 5.74) is 3.04. The van der Waals surface area contributed by atoms with Crippen LogP contribution in [0.4, 0.5) is 0 Å². The third kappa shape index (κ3) is 4.04. The van der Waals surface area contributed by atoms with Gasteiger partial charge in [-0.3, -0.25) is 5.10 Å². The number of aromatic nitrogens is 2. The molecule has 7 heteroatoms. The quantitative estimate of drug-likeness (QED) is 0.617. The number of hydrogen-bond acceptors (Lipinski definition) is 6. The van der Waals surface area contributed by atoms with Crippen LogP contribution in [0.1, 0.15) is 47.0 Å². The molecule has 1 aromatic heterocycles. The Balaban J connectivity index is 1.75. The molecular weight excluding hydrogens is 382 g/mol. The first-order valence-corrected chi connectivity index (χ1v) is 9.76. The lowest BCUT2D eigenvalue weighted by molar-refractivity contribution is 0.0112. The summed E-state index contributed by atoms with van der Waals surface area (Å²) in [6.07, 6.45) is 2.82. The lowest BCUT2D eigenvalue weighted by Gasteiger charge is -2.22. The van der Waals surface area contributed by atoms with Gasteiger partial charge in [-0.05, 0) is 55.7 Å². The second kappa shape index (κ2) is 8.80. The number of nitrogens with zero attached hydrogens (tertiary/aromatic N) is 2. The predicted molar refractivity (Wildman–Crippen MR) is 109 cm³/mol. The van der Waals surface area contributed by atoms with Crippen LogP contribution in [0, 0.1) is 11.3 Å². The van der Waals surface area contributed by atoms with E-state index in [0.717, 1.165) is 30.5 Å². The number of H-pyrrole nitrogens is 1. The summed E-state index contributed by atoms with van der Waals surface area (Å²) in [5.74, 6) is 0.712. The lowest BCUT2D eigenvalue weighted by atomic mass is 10.0. The third-order valence-corrected chi connectivity index (χ3v) is 5.01. The molecule has 0 amide bonds. The summed E-state index contributed by atoms with van der Waals surface area (Å²) in [6.45, 7) is 0.688. The Labute approximate surface area is 174 Å². The molecule has 1 aliphatic rings. The van der Waals surface area contributed by atoms with Crippen LogP contribution in [0.25, 0.3) is 11.3 Å². The van der Waals surface area contributed by atoms with Crippen molar-refractivity contribution in [1.82, 2.24) is 10.2 Å². The molecule has 0 spiro atoms. The molecule has 0 radical (unpaired) electrons. The minimum atomic E-state index is -0.419. The Bertz CT molecular complexity index is 1080. The topological polar surface area (TPSA) is 97.2 Å². The zero-order valence-corrected chi connectivity index (χ0v) is 16.6. The van der Waals surface area contributed by atoms with Crippen molar-refractivity contribution in [1.29, 1.82) is 5.26 Å². The average molecular weight is 403 g/mol. The van der Waals surface area contributed by atoms with Gasteiger partial charge in [-0.25, -0.2) is 4.79 Å². The fraction of sp³-hybridized carbons (Fsp3) is 0.261. The van der Waals surface area contributed by atoms with Crippen LogP contribution in [0.2, 0.25) is 0 Å². The van der Waals surface area contributed by atoms with Gasteiger partial charge in [-0.2, -0.15) is 10.4 Å². The Morgan fingerprint density at radius 2 is 2.07 bits per heavy atom. The molecule has 30 heavy (non-hydrogen) atoms. The fourth-order valence-corrected chi connectivity index (χ4v) is 3.46. The maximum Gasteiger partial charge on any atom is 0.337 e. The molecule has 7 nitrogen and oxygen atoms in total. The first kappa shape index (κ1) is 19.7. The summed E-state index contributed by atoms with van der Waals surface area (Å²) in [5, 5.41) is 16.6. The van der Waals surface area contributed by atoms with E-state index in [2.05, 4.69) is 16.3 Å². The number of carbonyl (C=O) groups is 1. The van der Waals surface area contributed by atoms with E-state index in [1.807, 2.05) is 6.07 Å². The molecule has 4 rings (SSSR count). The molecule has 0 saturated carbocycles. The minimum Gasteiger partial charge on any atom is -0.465 e. The minimum absolute atomic E-state index is 0.142. The fourth-order valence-electron chi connectivity index (χ4n) is 3.46. The van der Waals surface area contributed by atoms with Gasteiger partial charge in [0.25, 0.3) is 0 Å². The van der Waals surface area contributed by atoms with Gasteiger partial charge in [-0.1, -0.05) is 12.1 Å². The van der Waals surface area contributed by atoms with Crippen molar-refractivity contribution in [3.63, 3.8) is 0 Å². The van der Waals surface area contributed by atoms with E-state index in [9.17, 15) is 4.79 Å². The number of hydrogen-bond donors (Lipinski definition) is 1. The van der Waals surface area contributed by atoms with E-state index in [0.29, 0.717) is 34.9 Å². The Morgan fingerprint density at radius 1 is 1.23 bits per heavy atom. The first-order chi connectivity index (χ1) is 14.7. The first-order valence-electron chi connectivity index (χ1n) is 9.76. The number of benzene rings is 2. The second-order valence-corrected chi connectivity index (χ2v) is 6.98. The zero-order valence-electron chi connectivity index (χ0n) is 16.6. The van der Waals surface area contributed by atoms with E-state index in [4.69, 9.17) is 19.5 Å². The van der Waals surface area contributed by atoms with E-state index < -0.39 is 5.97 Å². The number of rotatable bonds is 5. The maximum atomic E-state index is 12.0. The number of aromatic amines is 1. The molecule has 0 aliphatic carbocycles. The smallest absolute Gasteiger partial charge is 0.337 e. The summed E-state index contributed by atoms with van der Waals surface area (Å²) >= 11 is 0. The number of methoxy groups -OCH3 is 1. The molecule has 1 saturated heterocycles. The van der Waals surface area contributed by atoms with Gasteiger partial charge in [0.05, 0.1) is 24.3 Å². The second-order valence-electron chi connectivity index (χ2n) is 6.98. The van der Waals surface area contributed by atoms with Crippen LogP contribution in [-0.2, 0) is 9.47 Å². The number of nitrogens with one attached hydrogen (secondary N) is 1. The lowest BCUT2D eigenvalue weighted by Crippen LogP contribution is -2.12. The van der Waals surface area contributed by atoms with Crippen LogP contribution in [0.3, 0.4) is 0 Å². The number of carbonyl (C=O) groups excluding carboxylic acids is 1. The summed E-state index contributed by atoms with van der Waals surface area (Å²) in [6, 6.07) is 16.0. The van der Waals surface area contributed by atoms with Crippen molar-refractivity contribution >= 4 is 5.97 Å². The van der Waals surface area contributed by atoms with Crippen LogP contribution in [0.15, 0.2) is 48.5 Å². The molecule has 0 bridgehead atoms. The highest BCUT2D eigenvalue weighted by Gasteiger charge is 2.26. The van der Waals surface area contributed by atoms with Crippen molar-refractivity contribution in [2.45, 2.75) is 25.4 Å². The van der Waals surface area contributed by atoms with Gasteiger partial charge in [0.1, 0.15) is 23.2 Å². The number of esters is 1. The van der Waals surface area contributed by atoms with Crippen LogP contribution in [0.5, 0.6) is 11.5 Å². The number of nitriles is 1. The predicted octanol–water partition coefficient (Wildman–Crippen LogP) is 4.77. The van der Waals surface area contributed by atoms with Crippen molar-refractivity contribution < 1.29 is 19.0 Å². The molecule has 3 aromatic rings. The Hall–Kier alpha value is -3.63. The van der Waals surface area contributed by atoms with Gasteiger partial charge >= 0.3 is 5.97 Å². The molecule has 1 fully saturated rings. The molecule has 2 aromatic carbocycles. The SMILES string of the molecule is COC(=O)c1cccc(-c2n[nH]c(C3CCCCO3)c2Oc2ccc(C#N)cc2)c1. The highest BCUT2D eigenvalue weighted by molar-refractivity contribution is 5.91. The third-order valence-electron chi connectivity index (χ3n) is 5.01. The standard InChI is InChI=1S/C23H21N3O4/c1-28-23(27)17-6-4-5-16(13-17)20-22(30-18-10-8-15(14-24)9-11-18)21(26-25-20)19-7-2-3-12-29-19/h4-6,8-11,13,19H,2-3,7,12H2,1H3,(H,25,26). The Morgan fingerprint density at radius 3 is 2.77 bits per heavy atom. The van der Waals surface area contributed by atoms with Gasteiger partial charge in [0.15, 0.2) is 5.75 Å². The highest BCUT2D eigenvalue weighted by Crippen LogP contribution is 2.41. The van der Waals surface area contributed by atoms with Crippen LogP contribution >= 0.6 is 0 Å². The van der Waals surface area contributed by atoms with Crippen LogP contribution < -0.4 is 4.74 Å². The molecule has 2 heterocycles. The summed E-state index contributed by atoms with van der Waals surface area (Å²) < 4.78 is 17.0. The molecule has 152 valence electrons. The van der Waals surface area contributed by atoms with Gasteiger partial charge in [0.2, 0.25) is 0 Å². The van der Waals surface area contributed by atoms with E-state index in [1.165, 1.54) is 7.11 Å².